The Bertz CT molecular complexity index is 3800. The third kappa shape index (κ3) is 15.2. The van der Waals surface area contributed by atoms with Gasteiger partial charge in [0.1, 0.15) is 19.9 Å². The highest BCUT2D eigenvalue weighted by atomic mass is 35.5. The largest absolute Gasteiger partial charge is 0.490 e. The quantitative estimate of drug-likeness (QED) is 0.0599. The number of nitrogens with two attached hydrogens (primary N) is 2. The maximum atomic E-state index is 16.4. The highest BCUT2D eigenvalue weighted by molar-refractivity contribution is 7.92. The summed E-state index contributed by atoms with van der Waals surface area (Å²) in [4.78, 5) is 29.9. The predicted molar refractivity (Wildman–Crippen MR) is 347 cm³/mol. The van der Waals surface area contributed by atoms with E-state index in [9.17, 15) is 26.4 Å². The van der Waals surface area contributed by atoms with Gasteiger partial charge in [-0.25, -0.2) is 16.8 Å². The number of thiophene rings is 2. The molecule has 90 heavy (non-hydrogen) atoms. The number of hydrogen-bond acceptors (Lipinski definition) is 12. The molecule has 4 fully saturated rings. The minimum absolute atomic E-state index is 0.130. The lowest BCUT2D eigenvalue weighted by Crippen LogP contribution is -2.57. The van der Waals surface area contributed by atoms with E-state index in [0.29, 0.717) is 78.5 Å². The molecular weight excluding hydrogens is 1280 g/mol. The fraction of sp³-hybridized carbons (Fsp3) is 0.364. The number of hydrogen-bond donors (Lipinski definition) is 4. The van der Waals surface area contributed by atoms with Crippen molar-refractivity contribution < 1.29 is 53.5 Å². The van der Waals surface area contributed by atoms with Gasteiger partial charge in [0.05, 0.1) is 12.2 Å². The summed E-state index contributed by atoms with van der Waals surface area (Å²) in [6.07, 6.45) is 10.4. The Morgan fingerprint density at radius 3 is 1.11 bits per heavy atom. The van der Waals surface area contributed by atoms with Crippen LogP contribution in [0.4, 0.5) is 17.6 Å². The predicted octanol–water partition coefficient (Wildman–Crippen LogP) is 13.9. The summed E-state index contributed by atoms with van der Waals surface area (Å²) in [5, 5.41) is 2.37. The van der Waals surface area contributed by atoms with E-state index in [2.05, 4.69) is 9.44 Å². The van der Waals surface area contributed by atoms with Crippen LogP contribution >= 0.6 is 45.9 Å². The number of amides is 2. The molecule has 2 atom stereocenters. The molecule has 2 aromatic heterocycles. The molecule has 0 radical (unpaired) electrons. The third-order valence-corrected chi connectivity index (χ3v) is 23.5. The van der Waals surface area contributed by atoms with Crippen LogP contribution in [0.1, 0.15) is 88.2 Å². The molecule has 4 heterocycles. The molecule has 24 heteroatoms. The first kappa shape index (κ1) is 65.3. The number of fused-ring (bicyclic) bond motifs is 2. The first-order valence-corrected chi connectivity index (χ1v) is 35.4. The maximum absolute atomic E-state index is 16.4. The van der Waals surface area contributed by atoms with Crippen LogP contribution in [0.15, 0.2) is 154 Å². The smallest absolute Gasteiger partial charge is 0.298 e. The van der Waals surface area contributed by atoms with Gasteiger partial charge in [-0.05, 0) is 183 Å². The van der Waals surface area contributed by atoms with Gasteiger partial charge in [-0.3, -0.25) is 9.59 Å². The standard InChI is InChI=1S/2C33H34ClF2N3O4S2/c2*34-25-12-7-22(8-13-25)21-5-10-24(11-6-21)33(35,36)31(32(40)39-17-15-26(37)16-18-39)38-45(41,42)30-19-23-9-14-28(20-29(23)44-30)43-27-3-1-2-4-27/h2*5-14,19-20,26-27,31,38H,1-4,15-18,37H2/t2*31-/m10/s1. The molecule has 12 rings (SSSR count). The Hall–Kier alpha value is -6.18. The summed E-state index contributed by atoms with van der Waals surface area (Å²) in [7, 11) is -9.07. The summed E-state index contributed by atoms with van der Waals surface area (Å²) >= 11 is 13.8. The second-order valence-corrected chi connectivity index (χ2v) is 30.3. The first-order chi connectivity index (χ1) is 43.0. The van der Waals surface area contributed by atoms with E-state index in [4.69, 9.17) is 44.1 Å². The topological polar surface area (TPSA) is 203 Å². The molecular formula is C66H68Cl2F4N6O8S4. The zero-order valence-electron chi connectivity index (χ0n) is 48.9. The fourth-order valence-electron chi connectivity index (χ4n) is 11.8. The summed E-state index contributed by atoms with van der Waals surface area (Å²) < 4.78 is 137. The number of nitrogens with one attached hydrogen (secondary N) is 2. The fourth-order valence-corrected chi connectivity index (χ4v) is 17.3. The molecule has 2 aliphatic heterocycles. The maximum Gasteiger partial charge on any atom is 0.298 e. The second-order valence-electron chi connectivity index (χ2n) is 23.4. The van der Waals surface area contributed by atoms with E-state index in [0.717, 1.165) is 85.2 Å². The van der Waals surface area contributed by atoms with Crippen LogP contribution in [0.3, 0.4) is 0 Å². The highest BCUT2D eigenvalue weighted by Gasteiger charge is 2.52. The van der Waals surface area contributed by atoms with E-state index in [1.807, 2.05) is 0 Å². The van der Waals surface area contributed by atoms with E-state index >= 15 is 17.6 Å². The number of alkyl halides is 4. The summed E-state index contributed by atoms with van der Waals surface area (Å²) in [6.45, 7) is 0.653. The van der Waals surface area contributed by atoms with Crippen molar-refractivity contribution in [1.82, 2.24) is 19.2 Å². The number of ether oxygens (including phenoxy) is 2. The Balaban J connectivity index is 0.000000185. The Kier molecular flexibility index (Phi) is 20.0. The molecule has 2 saturated carbocycles. The summed E-state index contributed by atoms with van der Waals surface area (Å²) in [6, 6.07) is 33.3. The molecule has 476 valence electrons. The molecule has 0 spiro atoms. The van der Waals surface area contributed by atoms with Gasteiger partial charge in [0.2, 0.25) is 11.8 Å². The van der Waals surface area contributed by atoms with Gasteiger partial charge in [-0.15, -0.1) is 22.7 Å². The minimum Gasteiger partial charge on any atom is -0.490 e. The number of sulfonamides is 2. The number of rotatable bonds is 18. The molecule has 4 aliphatic rings. The van der Waals surface area contributed by atoms with Gasteiger partial charge < -0.3 is 30.7 Å². The number of nitrogens with zero attached hydrogens (tertiary/aromatic N) is 2. The van der Waals surface area contributed by atoms with Crippen LogP contribution < -0.4 is 30.4 Å². The first-order valence-electron chi connectivity index (χ1n) is 30.0. The van der Waals surface area contributed by atoms with Crippen molar-refractivity contribution in [2.75, 3.05) is 26.2 Å². The lowest BCUT2D eigenvalue weighted by Gasteiger charge is -2.35. The lowest BCUT2D eigenvalue weighted by molar-refractivity contribution is -0.146. The van der Waals surface area contributed by atoms with Crippen LogP contribution in [0.2, 0.25) is 10.0 Å². The molecule has 6 aromatic carbocycles. The Morgan fingerprint density at radius 2 is 0.789 bits per heavy atom. The average Bonchev–Trinajstić information content (AvgIpc) is 1.16. The Morgan fingerprint density at radius 1 is 0.478 bits per heavy atom. The third-order valence-electron chi connectivity index (χ3n) is 17.0. The number of halogens is 6. The van der Waals surface area contributed by atoms with Crippen LogP contribution in [0, 0.1) is 0 Å². The number of benzene rings is 6. The van der Waals surface area contributed by atoms with Crippen molar-refractivity contribution in [2.24, 2.45) is 11.5 Å². The van der Waals surface area contributed by atoms with Gasteiger partial charge in [-0.1, -0.05) is 96.0 Å². The number of likely N-dealkylation sites (tertiary alicyclic amines) is 2. The summed E-state index contributed by atoms with van der Waals surface area (Å²) in [5.74, 6) is -8.46. The molecule has 8 aromatic rings. The highest BCUT2D eigenvalue weighted by Crippen LogP contribution is 2.41. The summed E-state index contributed by atoms with van der Waals surface area (Å²) in [5.41, 5.74) is 13.9. The second kappa shape index (κ2) is 27.6. The van der Waals surface area contributed by atoms with Crippen LogP contribution in [0.25, 0.3) is 42.4 Å². The zero-order valence-corrected chi connectivity index (χ0v) is 53.6. The van der Waals surface area contributed by atoms with Gasteiger partial charge in [0.15, 0.2) is 12.1 Å². The van der Waals surface area contributed by atoms with Crippen LogP contribution in [0.5, 0.6) is 11.5 Å². The van der Waals surface area contributed by atoms with Crippen LogP contribution in [-0.2, 0) is 41.5 Å². The van der Waals surface area contributed by atoms with Crippen molar-refractivity contribution in [2.45, 2.75) is 134 Å². The molecule has 2 saturated heterocycles. The SMILES string of the molecule is NC1CCN(C(=O)[C@@H](NS(=O)(=O)c2cc3ccc(OC4CCCC4)cc3s2)C(F)(F)c2ccc(-c3ccc(Cl)cc3)cc2)CC1.NC1CCN(C(=O)[C@H](NS(=O)(=O)c2cc3ccc(OC4CCCC4)cc3s2)C(F)(F)c2ccc(-c3ccc(Cl)cc3)cc2)CC1. The molecule has 0 unspecified atom stereocenters. The van der Waals surface area contributed by atoms with E-state index in [1.54, 1.807) is 84.9 Å². The zero-order chi connectivity index (χ0) is 63.5. The molecule has 14 nitrogen and oxygen atoms in total. The van der Waals surface area contributed by atoms with Gasteiger partial charge in [0, 0.05) is 68.8 Å². The average molecular weight is 1350 g/mol. The molecule has 0 bridgehead atoms. The lowest BCUT2D eigenvalue weighted by atomic mass is 9.96. The molecule has 6 N–H and O–H groups in total. The number of piperidine rings is 2. The normalized spacial score (nSPS) is 17.6. The molecule has 2 amide bonds. The minimum atomic E-state index is -4.53. The van der Waals surface area contributed by atoms with E-state index in [1.165, 1.54) is 70.5 Å². The van der Waals surface area contributed by atoms with Gasteiger partial charge >= 0.3 is 0 Å². The van der Waals surface area contributed by atoms with Crippen molar-refractivity contribution >= 4 is 97.9 Å². The van der Waals surface area contributed by atoms with Gasteiger partial charge in [0.25, 0.3) is 31.9 Å². The van der Waals surface area contributed by atoms with E-state index in [-0.39, 0.29) is 58.9 Å². The molecule has 2 aliphatic carbocycles. The van der Waals surface area contributed by atoms with Crippen molar-refractivity contribution in [3.05, 3.63) is 167 Å². The monoisotopic (exact) mass is 1350 g/mol. The van der Waals surface area contributed by atoms with E-state index < -0.39 is 66.9 Å². The van der Waals surface area contributed by atoms with Gasteiger partial charge in [-0.2, -0.15) is 27.0 Å². The Labute approximate surface area is 538 Å². The van der Waals surface area contributed by atoms with Crippen molar-refractivity contribution in [1.29, 1.82) is 0 Å². The van der Waals surface area contributed by atoms with Crippen molar-refractivity contribution in [3.8, 4) is 33.8 Å². The number of carbonyl (C=O) groups excluding carboxylic acids is 2. The number of carbonyl (C=O) groups is 2. The van der Waals surface area contributed by atoms with Crippen molar-refractivity contribution in [3.63, 3.8) is 0 Å². The van der Waals surface area contributed by atoms with Crippen LogP contribution in [-0.4, -0.2) is 101 Å².